The third-order valence-electron chi connectivity index (χ3n) is 8.46. The van der Waals surface area contributed by atoms with E-state index in [1.807, 2.05) is 12.3 Å². The van der Waals surface area contributed by atoms with Gasteiger partial charge in [0.05, 0.1) is 25.1 Å². The second-order valence-corrected chi connectivity index (χ2v) is 10.9. The summed E-state index contributed by atoms with van der Waals surface area (Å²) >= 11 is 0. The number of hydrogen-bond donors (Lipinski definition) is 2. The topological polar surface area (TPSA) is 116 Å². The summed E-state index contributed by atoms with van der Waals surface area (Å²) in [5.41, 5.74) is 2.00. The highest BCUT2D eigenvalue weighted by Crippen LogP contribution is 2.31. The zero-order valence-corrected chi connectivity index (χ0v) is 22.5. The first-order valence-electron chi connectivity index (χ1n) is 14.4. The summed E-state index contributed by atoms with van der Waals surface area (Å²) in [5, 5.41) is 5.97. The van der Waals surface area contributed by atoms with E-state index < -0.39 is 11.8 Å². The van der Waals surface area contributed by atoms with E-state index in [0.29, 0.717) is 36.6 Å². The number of nitrogens with one attached hydrogen (secondary N) is 2. The molecule has 2 aromatic heterocycles. The molecule has 2 N–H and O–H groups in total. The number of nitrogens with zero attached hydrogens (tertiary/aromatic N) is 6. The fraction of sp³-hybridized carbons (Fsp3) is 0.607. The summed E-state index contributed by atoms with van der Waals surface area (Å²) in [7, 11) is 0. The van der Waals surface area contributed by atoms with Gasteiger partial charge in [-0.15, -0.1) is 0 Å². The Balaban J connectivity index is 1.15. The molecule has 0 unspecified atom stereocenters. The van der Waals surface area contributed by atoms with Crippen LogP contribution in [0.4, 0.5) is 23.3 Å². The molecule has 2 amide bonds. The zero-order valence-electron chi connectivity index (χ0n) is 22.5. The number of aryl methyl sites for hydroxylation is 1. The molecular formula is C28H38N8O3. The minimum Gasteiger partial charge on any atom is -0.379 e. The van der Waals surface area contributed by atoms with Crippen LogP contribution in [-0.2, 0) is 20.7 Å². The Morgan fingerprint density at radius 3 is 2.44 bits per heavy atom. The van der Waals surface area contributed by atoms with Crippen LogP contribution >= 0.6 is 0 Å². The Morgan fingerprint density at radius 1 is 0.897 bits per heavy atom. The maximum Gasteiger partial charge on any atom is 0.317 e. The lowest BCUT2D eigenvalue weighted by atomic mass is 10.0. The van der Waals surface area contributed by atoms with E-state index in [1.54, 1.807) is 11.1 Å². The van der Waals surface area contributed by atoms with Gasteiger partial charge in [-0.3, -0.25) is 19.4 Å². The van der Waals surface area contributed by atoms with Gasteiger partial charge in [-0.05, 0) is 50.7 Å². The zero-order chi connectivity index (χ0) is 26.6. The molecule has 3 fully saturated rings. The van der Waals surface area contributed by atoms with Gasteiger partial charge in [-0.25, -0.2) is 9.97 Å². The number of amides is 2. The number of carbonyl (C=O) groups excluding carboxylic acids is 2. The number of ether oxygens (including phenoxy) is 1. The van der Waals surface area contributed by atoms with Gasteiger partial charge in [0, 0.05) is 56.6 Å². The second-order valence-electron chi connectivity index (χ2n) is 10.9. The van der Waals surface area contributed by atoms with E-state index in [4.69, 9.17) is 9.72 Å². The van der Waals surface area contributed by atoms with E-state index in [-0.39, 0.29) is 6.04 Å². The fourth-order valence-electron chi connectivity index (χ4n) is 6.30. The first-order chi connectivity index (χ1) is 19.2. The van der Waals surface area contributed by atoms with Crippen molar-refractivity contribution in [2.75, 3.05) is 61.1 Å². The average molecular weight is 535 g/mol. The molecule has 11 heteroatoms. The number of aromatic nitrogens is 3. The highest BCUT2D eigenvalue weighted by Gasteiger charge is 2.35. The molecule has 1 aliphatic carbocycles. The molecular weight excluding hydrogens is 496 g/mol. The quantitative estimate of drug-likeness (QED) is 0.557. The first kappa shape index (κ1) is 25.9. The van der Waals surface area contributed by atoms with Crippen molar-refractivity contribution in [3.63, 3.8) is 0 Å². The number of piperidine rings is 1. The van der Waals surface area contributed by atoms with Crippen molar-refractivity contribution in [3.05, 3.63) is 30.1 Å². The molecule has 0 aromatic carbocycles. The van der Waals surface area contributed by atoms with Crippen molar-refractivity contribution in [1.82, 2.24) is 25.2 Å². The van der Waals surface area contributed by atoms with E-state index >= 15 is 0 Å². The Morgan fingerprint density at radius 2 is 1.69 bits per heavy atom. The molecule has 0 bridgehead atoms. The summed E-state index contributed by atoms with van der Waals surface area (Å²) in [6.45, 7) is 6.26. The monoisotopic (exact) mass is 534 g/mol. The van der Waals surface area contributed by atoms with Gasteiger partial charge in [0.25, 0.3) is 0 Å². The molecule has 39 heavy (non-hydrogen) atoms. The predicted octanol–water partition coefficient (Wildman–Crippen LogP) is 2.25. The first-order valence-corrected chi connectivity index (χ1v) is 14.4. The van der Waals surface area contributed by atoms with Crippen LogP contribution in [-0.4, -0.2) is 89.7 Å². The van der Waals surface area contributed by atoms with E-state index in [0.717, 1.165) is 95.6 Å². The summed E-state index contributed by atoms with van der Waals surface area (Å²) < 4.78 is 5.51. The molecule has 2 aromatic rings. The minimum atomic E-state index is -0.561. The Labute approximate surface area is 229 Å². The summed E-state index contributed by atoms with van der Waals surface area (Å²) in [5.74, 6) is 0.460. The molecule has 208 valence electrons. The number of pyridine rings is 1. The maximum atomic E-state index is 13.2. The lowest BCUT2D eigenvalue weighted by molar-refractivity contribution is -0.137. The fourth-order valence-corrected chi connectivity index (χ4v) is 6.30. The third kappa shape index (κ3) is 5.84. The van der Waals surface area contributed by atoms with Crippen molar-refractivity contribution in [3.8, 4) is 0 Å². The van der Waals surface area contributed by atoms with Crippen molar-refractivity contribution < 1.29 is 14.3 Å². The number of rotatable bonds is 5. The van der Waals surface area contributed by atoms with Crippen molar-refractivity contribution >= 4 is 35.1 Å². The Bertz CT molecular complexity index is 1160. The standard InChI is InChI=1S/C28H38N8O3/c37-26-27(38)36(22-5-1-2-6-22)25-20(4-3-11-29-26)18-31-28(33-25)32-24-8-7-23(19-30-24)34-12-9-21(10-13-34)35-14-16-39-17-15-35/h7-8,18-19,21-22H,1-6,9-17H2,(H,29,37)(H,30,31,32,33). The van der Waals surface area contributed by atoms with Gasteiger partial charge in [-0.1, -0.05) is 12.8 Å². The van der Waals surface area contributed by atoms with Gasteiger partial charge < -0.3 is 20.3 Å². The van der Waals surface area contributed by atoms with Crippen LogP contribution in [0.3, 0.4) is 0 Å². The van der Waals surface area contributed by atoms with E-state index in [2.05, 4.69) is 36.5 Å². The van der Waals surface area contributed by atoms with Crippen LogP contribution < -0.4 is 20.4 Å². The minimum absolute atomic E-state index is 0.0207. The molecule has 11 nitrogen and oxygen atoms in total. The van der Waals surface area contributed by atoms with Crippen LogP contribution in [0.5, 0.6) is 0 Å². The summed E-state index contributed by atoms with van der Waals surface area (Å²) in [4.78, 5) is 46.3. The highest BCUT2D eigenvalue weighted by atomic mass is 16.5. The Kier molecular flexibility index (Phi) is 7.87. The van der Waals surface area contributed by atoms with Crippen LogP contribution in [0, 0.1) is 0 Å². The third-order valence-corrected chi connectivity index (χ3v) is 8.46. The molecule has 2 saturated heterocycles. The van der Waals surface area contributed by atoms with Gasteiger partial charge >= 0.3 is 11.8 Å². The van der Waals surface area contributed by atoms with Crippen LogP contribution in [0.25, 0.3) is 0 Å². The predicted molar refractivity (Wildman–Crippen MR) is 148 cm³/mol. The van der Waals surface area contributed by atoms with E-state index in [1.165, 1.54) is 0 Å². The van der Waals surface area contributed by atoms with Gasteiger partial charge in [0.1, 0.15) is 11.6 Å². The molecule has 3 aliphatic heterocycles. The second kappa shape index (κ2) is 11.8. The SMILES string of the molecule is O=C1NCCCc2cnc(Nc3ccc(N4CCC(N5CCOCC5)CC4)cn3)nc2N(C2CCCC2)C1=O. The number of carbonyl (C=O) groups is 2. The Hall–Kier alpha value is -3.31. The summed E-state index contributed by atoms with van der Waals surface area (Å²) in [6, 6.07) is 4.65. The average Bonchev–Trinajstić information content (AvgIpc) is 3.52. The van der Waals surface area contributed by atoms with Crippen LogP contribution in [0.1, 0.15) is 50.5 Å². The number of fused-ring (bicyclic) bond motifs is 1. The maximum absolute atomic E-state index is 13.2. The van der Waals surface area contributed by atoms with Crippen LogP contribution in [0.2, 0.25) is 0 Å². The molecule has 0 radical (unpaired) electrons. The lowest BCUT2D eigenvalue weighted by Gasteiger charge is -2.40. The van der Waals surface area contributed by atoms with Crippen molar-refractivity contribution in [2.24, 2.45) is 0 Å². The summed E-state index contributed by atoms with van der Waals surface area (Å²) in [6.07, 6.45) is 11.2. The highest BCUT2D eigenvalue weighted by molar-refractivity contribution is 6.40. The number of morpholine rings is 1. The largest absolute Gasteiger partial charge is 0.379 e. The smallest absolute Gasteiger partial charge is 0.317 e. The van der Waals surface area contributed by atoms with Crippen LogP contribution in [0.15, 0.2) is 24.5 Å². The lowest BCUT2D eigenvalue weighted by Crippen LogP contribution is -2.49. The number of hydrogen-bond acceptors (Lipinski definition) is 9. The number of anilines is 4. The molecule has 4 aliphatic rings. The normalized spacial score (nSPS) is 22.2. The van der Waals surface area contributed by atoms with E-state index in [9.17, 15) is 9.59 Å². The van der Waals surface area contributed by atoms with Gasteiger partial charge in [-0.2, -0.15) is 4.98 Å². The van der Waals surface area contributed by atoms with Crippen molar-refractivity contribution in [2.45, 2.75) is 63.5 Å². The molecule has 6 rings (SSSR count). The van der Waals surface area contributed by atoms with Gasteiger partial charge in [0.15, 0.2) is 0 Å². The van der Waals surface area contributed by atoms with Gasteiger partial charge in [0.2, 0.25) is 5.95 Å². The molecule has 0 atom stereocenters. The van der Waals surface area contributed by atoms with Crippen molar-refractivity contribution in [1.29, 1.82) is 0 Å². The molecule has 0 spiro atoms. The molecule has 1 saturated carbocycles. The molecule has 5 heterocycles.